The highest BCUT2D eigenvalue weighted by Gasteiger charge is 2.33. The molecule has 2 aromatic rings. The molecule has 4 rings (SSSR count). The van der Waals surface area contributed by atoms with Gasteiger partial charge in [-0.2, -0.15) is 0 Å². The second-order valence-corrected chi connectivity index (χ2v) is 8.30. The first kappa shape index (κ1) is 19.7. The Morgan fingerprint density at radius 1 is 1.07 bits per heavy atom. The van der Waals surface area contributed by atoms with Crippen molar-refractivity contribution in [2.45, 2.75) is 51.5 Å². The summed E-state index contributed by atoms with van der Waals surface area (Å²) in [4.78, 5) is 44.5. The number of para-hydroxylation sites is 2. The van der Waals surface area contributed by atoms with Gasteiger partial charge in [0.05, 0.1) is 17.0 Å². The fourth-order valence-electron chi connectivity index (χ4n) is 4.82. The number of benzene rings is 1. The molecule has 1 N–H and O–H groups in total. The molecule has 0 aliphatic carbocycles. The van der Waals surface area contributed by atoms with Crippen LogP contribution in [0.5, 0.6) is 0 Å². The van der Waals surface area contributed by atoms with Crippen LogP contribution >= 0.6 is 0 Å². The summed E-state index contributed by atoms with van der Waals surface area (Å²) in [6, 6.07) is 7.86. The zero-order chi connectivity index (χ0) is 20.4. The number of nitrogens with one attached hydrogen (secondary N) is 1. The number of aromatic nitrogens is 2. The quantitative estimate of drug-likeness (QED) is 0.860. The lowest BCUT2D eigenvalue weighted by Gasteiger charge is -2.38. The van der Waals surface area contributed by atoms with Gasteiger partial charge in [-0.1, -0.05) is 19.1 Å². The van der Waals surface area contributed by atoms with Crippen molar-refractivity contribution in [2.75, 3.05) is 26.2 Å². The van der Waals surface area contributed by atoms with Crippen molar-refractivity contribution in [1.29, 1.82) is 0 Å². The summed E-state index contributed by atoms with van der Waals surface area (Å²) < 4.78 is 1.85. The van der Waals surface area contributed by atoms with Crippen molar-refractivity contribution in [3.8, 4) is 0 Å². The van der Waals surface area contributed by atoms with Gasteiger partial charge < -0.3 is 14.8 Å². The van der Waals surface area contributed by atoms with Gasteiger partial charge in [0.15, 0.2) is 0 Å². The van der Waals surface area contributed by atoms with Gasteiger partial charge in [-0.3, -0.25) is 14.2 Å². The highest BCUT2D eigenvalue weighted by Crippen LogP contribution is 2.27. The molecule has 29 heavy (non-hydrogen) atoms. The summed E-state index contributed by atoms with van der Waals surface area (Å²) in [5.74, 6) is 0.253. The number of carbonyl (C=O) groups is 2. The summed E-state index contributed by atoms with van der Waals surface area (Å²) >= 11 is 0. The number of H-pyrrole nitrogens is 1. The average Bonchev–Trinajstić information content (AvgIpc) is 3.09. The van der Waals surface area contributed by atoms with Crippen LogP contribution < -0.4 is 5.69 Å². The summed E-state index contributed by atoms with van der Waals surface area (Å²) in [6.45, 7) is 4.66. The Balaban J connectivity index is 1.39. The smallest absolute Gasteiger partial charge is 0.326 e. The van der Waals surface area contributed by atoms with Gasteiger partial charge in [0.25, 0.3) is 0 Å². The summed E-state index contributed by atoms with van der Waals surface area (Å²) in [6.07, 6.45) is 4.71. The van der Waals surface area contributed by atoms with Crippen molar-refractivity contribution in [3.05, 3.63) is 34.7 Å². The molecule has 2 saturated heterocycles. The lowest BCUT2D eigenvalue weighted by atomic mass is 9.94. The van der Waals surface area contributed by atoms with Crippen molar-refractivity contribution in [1.82, 2.24) is 19.4 Å². The van der Waals surface area contributed by atoms with Gasteiger partial charge in [0.1, 0.15) is 0 Å². The molecule has 7 nitrogen and oxygen atoms in total. The first-order chi connectivity index (χ1) is 14.1. The number of nitrogens with zero attached hydrogens (tertiary/aromatic N) is 3. The van der Waals surface area contributed by atoms with Crippen LogP contribution in [-0.2, 0) is 9.59 Å². The third-order valence-electron chi connectivity index (χ3n) is 6.35. The van der Waals surface area contributed by atoms with Gasteiger partial charge in [-0.15, -0.1) is 0 Å². The number of rotatable bonds is 4. The molecule has 2 aliphatic heterocycles. The van der Waals surface area contributed by atoms with E-state index in [-0.39, 0.29) is 29.5 Å². The van der Waals surface area contributed by atoms with Gasteiger partial charge in [0, 0.05) is 38.6 Å². The molecule has 156 valence electrons. The zero-order valence-corrected chi connectivity index (χ0v) is 17.1. The van der Waals surface area contributed by atoms with E-state index in [1.165, 1.54) is 0 Å². The third-order valence-corrected chi connectivity index (χ3v) is 6.35. The predicted molar refractivity (Wildman–Crippen MR) is 112 cm³/mol. The van der Waals surface area contributed by atoms with Crippen LogP contribution in [0.3, 0.4) is 0 Å². The number of aromatic amines is 1. The Labute approximate surface area is 170 Å². The van der Waals surface area contributed by atoms with E-state index < -0.39 is 0 Å². The number of hydrogen-bond donors (Lipinski definition) is 1. The molecule has 1 aromatic heterocycles. The van der Waals surface area contributed by atoms with Crippen molar-refractivity contribution in [3.63, 3.8) is 0 Å². The maximum atomic E-state index is 13.1. The van der Waals surface area contributed by atoms with E-state index in [4.69, 9.17) is 0 Å². The molecule has 0 radical (unpaired) electrons. The summed E-state index contributed by atoms with van der Waals surface area (Å²) in [5, 5.41) is 0. The third kappa shape index (κ3) is 3.95. The molecule has 2 aliphatic rings. The summed E-state index contributed by atoms with van der Waals surface area (Å²) in [7, 11) is 0. The molecular weight excluding hydrogens is 368 g/mol. The Bertz CT molecular complexity index is 939. The number of likely N-dealkylation sites (tertiary alicyclic amines) is 2. The summed E-state index contributed by atoms with van der Waals surface area (Å²) in [5.41, 5.74) is 1.71. The van der Waals surface area contributed by atoms with Gasteiger partial charge in [0.2, 0.25) is 11.8 Å². The van der Waals surface area contributed by atoms with Gasteiger partial charge >= 0.3 is 5.69 Å². The Kier molecular flexibility index (Phi) is 5.74. The fraction of sp³-hybridized carbons (Fsp3) is 0.591. The molecule has 2 fully saturated rings. The van der Waals surface area contributed by atoms with E-state index in [1.807, 2.05) is 45.6 Å². The van der Waals surface area contributed by atoms with E-state index in [0.29, 0.717) is 26.1 Å². The van der Waals surface area contributed by atoms with E-state index in [0.717, 1.165) is 49.7 Å². The lowest BCUT2D eigenvalue weighted by molar-refractivity contribution is -0.141. The molecular formula is C22H30N4O3. The second-order valence-electron chi connectivity index (χ2n) is 8.30. The first-order valence-electron chi connectivity index (χ1n) is 10.8. The van der Waals surface area contributed by atoms with E-state index in [2.05, 4.69) is 4.98 Å². The number of carbonyl (C=O) groups excluding carboxylic acids is 2. The van der Waals surface area contributed by atoms with Crippen LogP contribution in [-0.4, -0.2) is 57.3 Å². The molecule has 0 saturated carbocycles. The maximum Gasteiger partial charge on any atom is 0.326 e. The predicted octanol–water partition coefficient (Wildman–Crippen LogP) is 2.53. The van der Waals surface area contributed by atoms with Crippen LogP contribution in [0.4, 0.5) is 0 Å². The minimum absolute atomic E-state index is 0.0756. The molecule has 7 heteroatoms. The van der Waals surface area contributed by atoms with Gasteiger partial charge in [-0.05, 0) is 44.2 Å². The van der Waals surface area contributed by atoms with Crippen molar-refractivity contribution >= 4 is 22.8 Å². The average molecular weight is 399 g/mol. The lowest BCUT2D eigenvalue weighted by Crippen LogP contribution is -2.49. The Morgan fingerprint density at radius 3 is 2.59 bits per heavy atom. The number of amides is 2. The van der Waals surface area contributed by atoms with Crippen LogP contribution in [0, 0.1) is 5.92 Å². The highest BCUT2D eigenvalue weighted by molar-refractivity contribution is 5.81. The van der Waals surface area contributed by atoms with Crippen LogP contribution in [0.2, 0.25) is 0 Å². The van der Waals surface area contributed by atoms with E-state index in [9.17, 15) is 14.4 Å². The monoisotopic (exact) mass is 398 g/mol. The van der Waals surface area contributed by atoms with Crippen LogP contribution in [0.25, 0.3) is 11.0 Å². The van der Waals surface area contributed by atoms with Crippen LogP contribution in [0.15, 0.2) is 29.1 Å². The standard InChI is InChI=1S/C22H30N4O3/c1-2-6-20(27)25-12-5-7-16(15-25)21(28)24-13-10-17(11-14-24)26-19-9-4-3-8-18(19)23-22(26)29/h3-4,8-9,16-17H,2,5-7,10-15H2,1H3,(H,23,29). The van der Waals surface area contributed by atoms with Crippen LogP contribution in [0.1, 0.15) is 51.5 Å². The molecule has 1 aromatic carbocycles. The SMILES string of the molecule is CCCC(=O)N1CCCC(C(=O)N2CCC(n3c(=O)[nH]c4ccccc43)CC2)C1. The Hall–Kier alpha value is -2.57. The molecule has 3 heterocycles. The van der Waals surface area contributed by atoms with E-state index >= 15 is 0 Å². The van der Waals surface area contributed by atoms with Crippen molar-refractivity contribution < 1.29 is 9.59 Å². The normalized spacial score (nSPS) is 20.9. The fourth-order valence-corrected chi connectivity index (χ4v) is 4.82. The van der Waals surface area contributed by atoms with E-state index in [1.54, 1.807) is 0 Å². The molecule has 2 amide bonds. The number of piperidine rings is 2. The molecule has 0 bridgehead atoms. The molecule has 0 spiro atoms. The van der Waals surface area contributed by atoms with Gasteiger partial charge in [-0.25, -0.2) is 4.79 Å². The number of hydrogen-bond acceptors (Lipinski definition) is 3. The number of imidazole rings is 1. The first-order valence-corrected chi connectivity index (χ1v) is 10.8. The Morgan fingerprint density at radius 2 is 1.83 bits per heavy atom. The minimum atomic E-state index is -0.0862. The minimum Gasteiger partial charge on any atom is -0.342 e. The maximum absolute atomic E-state index is 13.1. The second kappa shape index (κ2) is 8.43. The largest absolute Gasteiger partial charge is 0.342 e. The topological polar surface area (TPSA) is 78.4 Å². The molecule has 1 atom stereocenters. The zero-order valence-electron chi connectivity index (χ0n) is 17.1. The number of fused-ring (bicyclic) bond motifs is 1. The molecule has 1 unspecified atom stereocenters. The highest BCUT2D eigenvalue weighted by atomic mass is 16.2. The van der Waals surface area contributed by atoms with Crippen molar-refractivity contribution in [2.24, 2.45) is 5.92 Å².